The van der Waals surface area contributed by atoms with Crippen molar-refractivity contribution in [2.45, 2.75) is 52.4 Å². The summed E-state index contributed by atoms with van der Waals surface area (Å²) in [4.78, 5) is 12.4. The first-order chi connectivity index (χ1) is 9.79. The molecule has 0 unspecified atom stereocenters. The Hall–Kier alpha value is -1.51. The highest BCUT2D eigenvalue weighted by Crippen LogP contribution is 2.37. The van der Waals surface area contributed by atoms with Crippen LogP contribution in [0.15, 0.2) is 24.3 Å². The molecule has 0 saturated heterocycles. The van der Waals surface area contributed by atoms with Gasteiger partial charge in [0.25, 0.3) is 0 Å². The smallest absolute Gasteiger partial charge is 0.179 e. The van der Waals surface area contributed by atoms with Crippen molar-refractivity contribution in [3.05, 3.63) is 35.6 Å². The summed E-state index contributed by atoms with van der Waals surface area (Å²) in [5.74, 6) is 0.216. The zero-order chi connectivity index (χ0) is 15.6. The Balaban J connectivity index is 1.96. The van der Waals surface area contributed by atoms with Crippen LogP contribution in [0.25, 0.3) is 0 Å². The van der Waals surface area contributed by atoms with E-state index in [1.54, 1.807) is 0 Å². The van der Waals surface area contributed by atoms with Crippen LogP contribution in [0.3, 0.4) is 0 Å². The SMILES string of the molecule is CC(C)(C)C(=N)C(=O)C1CCC(c2ccc(F)cc2)CC1. The molecule has 0 atom stereocenters. The molecule has 0 aromatic heterocycles. The van der Waals surface area contributed by atoms with Crippen LogP contribution >= 0.6 is 0 Å². The Morgan fingerprint density at radius 3 is 2.10 bits per heavy atom. The zero-order valence-corrected chi connectivity index (χ0v) is 13.1. The van der Waals surface area contributed by atoms with E-state index in [9.17, 15) is 9.18 Å². The molecule has 1 N–H and O–H groups in total. The molecule has 1 aliphatic rings. The second kappa shape index (κ2) is 6.08. The normalized spacial score (nSPS) is 22.9. The highest BCUT2D eigenvalue weighted by atomic mass is 19.1. The highest BCUT2D eigenvalue weighted by molar-refractivity contribution is 6.41. The van der Waals surface area contributed by atoms with E-state index in [-0.39, 0.29) is 28.6 Å². The summed E-state index contributed by atoms with van der Waals surface area (Å²) in [5.41, 5.74) is 1.03. The Kier molecular flexibility index (Phi) is 4.60. The quantitative estimate of drug-likeness (QED) is 0.803. The number of ketones is 1. The number of rotatable bonds is 3. The first-order valence-electron chi connectivity index (χ1n) is 7.67. The Bertz CT molecular complexity index is 519. The minimum atomic E-state index is -0.370. The molecule has 1 aromatic carbocycles. The maximum absolute atomic E-state index is 13.0. The van der Waals surface area contributed by atoms with E-state index < -0.39 is 0 Å². The maximum Gasteiger partial charge on any atom is 0.179 e. The van der Waals surface area contributed by atoms with Gasteiger partial charge >= 0.3 is 0 Å². The predicted molar refractivity (Wildman–Crippen MR) is 83.3 cm³/mol. The van der Waals surface area contributed by atoms with E-state index in [1.165, 1.54) is 12.1 Å². The summed E-state index contributed by atoms with van der Waals surface area (Å²) < 4.78 is 13.0. The minimum absolute atomic E-state index is 0.00609. The molecule has 0 bridgehead atoms. The topological polar surface area (TPSA) is 40.9 Å². The molecule has 3 heteroatoms. The van der Waals surface area contributed by atoms with Crippen molar-refractivity contribution in [3.8, 4) is 0 Å². The van der Waals surface area contributed by atoms with Gasteiger partial charge in [-0.2, -0.15) is 0 Å². The lowest BCUT2D eigenvalue weighted by atomic mass is 9.74. The fraction of sp³-hybridized carbons (Fsp3) is 0.556. The number of nitrogens with one attached hydrogen (secondary N) is 1. The molecule has 1 saturated carbocycles. The van der Waals surface area contributed by atoms with Crippen LogP contribution in [0.5, 0.6) is 0 Å². The van der Waals surface area contributed by atoms with Gasteiger partial charge in [0, 0.05) is 11.3 Å². The summed E-state index contributed by atoms with van der Waals surface area (Å²) in [6.07, 6.45) is 3.55. The number of carbonyl (C=O) groups excluding carboxylic acids is 1. The monoisotopic (exact) mass is 289 g/mol. The van der Waals surface area contributed by atoms with Gasteiger partial charge in [0.2, 0.25) is 0 Å². The molecule has 2 nitrogen and oxygen atoms in total. The average Bonchev–Trinajstić information content (AvgIpc) is 2.46. The van der Waals surface area contributed by atoms with Crippen LogP contribution in [-0.4, -0.2) is 11.5 Å². The van der Waals surface area contributed by atoms with Crippen molar-refractivity contribution in [1.82, 2.24) is 0 Å². The van der Waals surface area contributed by atoms with Crippen LogP contribution in [0.2, 0.25) is 0 Å². The van der Waals surface area contributed by atoms with Crippen molar-refractivity contribution in [2.24, 2.45) is 11.3 Å². The average molecular weight is 289 g/mol. The van der Waals surface area contributed by atoms with E-state index in [1.807, 2.05) is 32.9 Å². The van der Waals surface area contributed by atoms with Gasteiger partial charge in [-0.1, -0.05) is 32.9 Å². The van der Waals surface area contributed by atoms with Crippen LogP contribution in [0, 0.1) is 22.6 Å². The lowest BCUT2D eigenvalue weighted by Crippen LogP contribution is -2.34. The second-order valence-corrected chi connectivity index (χ2v) is 7.09. The molecule has 114 valence electrons. The van der Waals surface area contributed by atoms with E-state index >= 15 is 0 Å². The molecule has 1 fully saturated rings. The number of benzene rings is 1. The number of halogens is 1. The number of carbonyl (C=O) groups is 1. The fourth-order valence-corrected chi connectivity index (χ4v) is 3.00. The number of Topliss-reactive ketones (excluding diaryl/α,β-unsaturated/α-hetero) is 1. The van der Waals surface area contributed by atoms with Crippen LogP contribution in [0.4, 0.5) is 4.39 Å². The van der Waals surface area contributed by atoms with Gasteiger partial charge in [-0.05, 0) is 49.3 Å². The van der Waals surface area contributed by atoms with E-state index in [2.05, 4.69) is 0 Å². The Labute approximate surface area is 126 Å². The van der Waals surface area contributed by atoms with Crippen LogP contribution in [0.1, 0.15) is 57.9 Å². The molecule has 1 aliphatic carbocycles. The van der Waals surface area contributed by atoms with Gasteiger partial charge in [0.1, 0.15) is 5.82 Å². The molecule has 0 radical (unpaired) electrons. The van der Waals surface area contributed by atoms with Crippen LogP contribution < -0.4 is 0 Å². The Morgan fingerprint density at radius 2 is 1.62 bits per heavy atom. The van der Waals surface area contributed by atoms with Gasteiger partial charge in [0.15, 0.2) is 5.78 Å². The predicted octanol–water partition coefficient (Wildman–Crippen LogP) is 4.73. The zero-order valence-electron chi connectivity index (χ0n) is 13.1. The molecule has 0 aliphatic heterocycles. The largest absolute Gasteiger partial charge is 0.301 e. The summed E-state index contributed by atoms with van der Waals surface area (Å²) in [6.45, 7) is 5.74. The third-order valence-electron chi connectivity index (χ3n) is 4.44. The van der Waals surface area contributed by atoms with Crippen molar-refractivity contribution in [1.29, 1.82) is 5.41 Å². The molecule has 0 amide bonds. The minimum Gasteiger partial charge on any atom is -0.301 e. The van der Waals surface area contributed by atoms with Crippen molar-refractivity contribution >= 4 is 11.5 Å². The third kappa shape index (κ3) is 3.78. The molecule has 0 spiro atoms. The summed E-state index contributed by atoms with van der Waals surface area (Å²) in [6, 6.07) is 6.70. The van der Waals surface area contributed by atoms with Crippen molar-refractivity contribution in [3.63, 3.8) is 0 Å². The van der Waals surface area contributed by atoms with E-state index in [0.29, 0.717) is 5.92 Å². The molecule has 1 aromatic rings. The Morgan fingerprint density at radius 1 is 1.10 bits per heavy atom. The van der Waals surface area contributed by atoms with Gasteiger partial charge in [-0.3, -0.25) is 4.79 Å². The van der Waals surface area contributed by atoms with Crippen molar-refractivity contribution < 1.29 is 9.18 Å². The van der Waals surface area contributed by atoms with E-state index in [4.69, 9.17) is 5.41 Å². The molecule has 0 heterocycles. The van der Waals surface area contributed by atoms with Gasteiger partial charge < -0.3 is 5.41 Å². The second-order valence-electron chi connectivity index (χ2n) is 7.09. The van der Waals surface area contributed by atoms with Crippen LogP contribution in [-0.2, 0) is 4.79 Å². The van der Waals surface area contributed by atoms with Gasteiger partial charge in [-0.25, -0.2) is 4.39 Å². The highest BCUT2D eigenvalue weighted by Gasteiger charge is 2.33. The lowest BCUT2D eigenvalue weighted by Gasteiger charge is -2.30. The lowest BCUT2D eigenvalue weighted by molar-refractivity contribution is -0.117. The molecular weight excluding hydrogens is 265 g/mol. The summed E-state index contributed by atoms with van der Waals surface area (Å²) >= 11 is 0. The standard InChI is InChI=1S/C18H24FNO/c1-18(2,3)17(20)16(21)14-6-4-12(5-7-14)13-8-10-15(19)11-9-13/h8-12,14,20H,4-7H2,1-3H3. The first-order valence-corrected chi connectivity index (χ1v) is 7.67. The van der Waals surface area contributed by atoms with Gasteiger partial charge in [-0.15, -0.1) is 0 Å². The van der Waals surface area contributed by atoms with Gasteiger partial charge in [0.05, 0.1) is 5.71 Å². The molecular formula is C18H24FNO. The number of hydrogen-bond donors (Lipinski definition) is 1. The summed E-state index contributed by atoms with van der Waals surface area (Å²) in [5, 5.41) is 8.03. The van der Waals surface area contributed by atoms with E-state index in [0.717, 1.165) is 31.2 Å². The maximum atomic E-state index is 13.0. The molecule has 21 heavy (non-hydrogen) atoms. The number of hydrogen-bond acceptors (Lipinski definition) is 2. The molecule has 2 rings (SSSR count). The third-order valence-corrected chi connectivity index (χ3v) is 4.44. The fourth-order valence-electron chi connectivity index (χ4n) is 3.00. The summed E-state index contributed by atoms with van der Waals surface area (Å²) in [7, 11) is 0. The van der Waals surface area contributed by atoms with Crippen molar-refractivity contribution in [2.75, 3.05) is 0 Å². The first kappa shape index (κ1) is 15.9.